The molecule has 2 aromatic rings. The number of methoxy groups -OCH3 is 2. The molecule has 5 N–H and O–H groups in total. The molecule has 1 spiro atoms. The first-order valence-electron chi connectivity index (χ1n) is 14.8. The fourth-order valence-electron chi connectivity index (χ4n) is 6.51. The van der Waals surface area contributed by atoms with E-state index in [1.807, 2.05) is 27.7 Å². The largest absolute Gasteiger partial charge is 0.509 e. The second-order valence-corrected chi connectivity index (χ2v) is 14.5. The molecule has 4 heterocycles. The summed E-state index contributed by atoms with van der Waals surface area (Å²) in [5, 5.41) is 5.52. The predicted octanol–water partition coefficient (Wildman–Crippen LogP) is 1.17. The summed E-state index contributed by atoms with van der Waals surface area (Å²) < 4.78 is 49.5. The van der Waals surface area contributed by atoms with E-state index in [1.165, 1.54) is 20.5 Å². The fraction of sp³-hybridized carbons (Fsp3) is 0.704. The topological polar surface area (TPSA) is 237 Å². The number of aromatic amines is 1. The summed E-state index contributed by atoms with van der Waals surface area (Å²) in [7, 11) is -1.84. The molecule has 5 rings (SSSR count). The number of aromatic nitrogens is 4. The number of nitrogens with one attached hydrogen (secondary N) is 3. The molecule has 5 unspecified atom stereocenters. The van der Waals surface area contributed by atoms with Crippen LogP contribution < -0.4 is 21.5 Å². The SMILES string of the molecule is COC(=O)C(CC(C)C)NP(=O)(NC(CC(C)C)C(=O)OC)OC[C@H]1OC2(C)[C@@H](n3cnc4c(=O)[nH]c(N)nc43)C23OC(=O)OC13. The van der Waals surface area contributed by atoms with Crippen molar-refractivity contribution < 1.29 is 47.2 Å². The van der Waals surface area contributed by atoms with E-state index in [9.17, 15) is 23.7 Å². The number of nitrogens with zero attached hydrogens (tertiary/aromatic N) is 3. The van der Waals surface area contributed by atoms with Crippen LogP contribution in [0.15, 0.2) is 11.1 Å². The van der Waals surface area contributed by atoms with E-state index in [1.54, 1.807) is 11.5 Å². The maximum atomic E-state index is 14.5. The van der Waals surface area contributed by atoms with Gasteiger partial charge in [-0.25, -0.2) is 20.0 Å². The highest BCUT2D eigenvalue weighted by Crippen LogP contribution is 2.72. The van der Waals surface area contributed by atoms with Crippen LogP contribution in [0.5, 0.6) is 0 Å². The molecule has 0 radical (unpaired) electrons. The van der Waals surface area contributed by atoms with Gasteiger partial charge in [-0.15, -0.1) is 0 Å². The predicted molar refractivity (Wildman–Crippen MR) is 159 cm³/mol. The number of hydrogen-bond acceptors (Lipinski definition) is 14. The van der Waals surface area contributed by atoms with E-state index >= 15 is 0 Å². The molecule has 0 aromatic carbocycles. The number of hydrogen-bond donors (Lipinski definition) is 4. The average molecular weight is 670 g/mol. The minimum atomic E-state index is -4.26. The van der Waals surface area contributed by atoms with Gasteiger partial charge in [0.15, 0.2) is 17.3 Å². The second-order valence-electron chi connectivity index (χ2n) is 12.6. The Morgan fingerprint density at radius 3 is 2.24 bits per heavy atom. The minimum Gasteiger partial charge on any atom is -0.468 e. The zero-order valence-electron chi connectivity index (χ0n) is 26.6. The van der Waals surface area contributed by atoms with Crippen molar-refractivity contribution in [2.24, 2.45) is 11.8 Å². The highest BCUT2D eigenvalue weighted by atomic mass is 31.2. The number of fused-ring (bicyclic) bond motifs is 1. The first-order chi connectivity index (χ1) is 21.6. The van der Waals surface area contributed by atoms with Crippen LogP contribution in [0.2, 0.25) is 0 Å². The number of nitrogen functional groups attached to an aromatic ring is 1. The molecule has 19 heteroatoms. The van der Waals surface area contributed by atoms with Gasteiger partial charge < -0.3 is 38.5 Å². The normalized spacial score (nSPS) is 29.1. The summed E-state index contributed by atoms with van der Waals surface area (Å²) in [5.41, 5.74) is 2.84. The fourth-order valence-corrected chi connectivity index (χ4v) is 8.34. The van der Waals surface area contributed by atoms with Crippen LogP contribution in [0.1, 0.15) is 53.5 Å². The van der Waals surface area contributed by atoms with Crippen molar-refractivity contribution in [2.45, 2.75) is 89.0 Å². The maximum absolute atomic E-state index is 14.5. The summed E-state index contributed by atoms with van der Waals surface area (Å²) in [5.74, 6) is -1.49. The quantitative estimate of drug-likeness (QED) is 0.125. The molecule has 7 atom stereocenters. The van der Waals surface area contributed by atoms with E-state index in [-0.39, 0.29) is 41.8 Å². The van der Waals surface area contributed by atoms with Crippen molar-refractivity contribution in [1.29, 1.82) is 0 Å². The Morgan fingerprint density at radius 1 is 1.11 bits per heavy atom. The lowest BCUT2D eigenvalue weighted by atomic mass is 10.1. The van der Waals surface area contributed by atoms with Gasteiger partial charge in [0, 0.05) is 0 Å². The second kappa shape index (κ2) is 12.2. The van der Waals surface area contributed by atoms with Crippen molar-refractivity contribution in [3.05, 3.63) is 16.7 Å². The van der Waals surface area contributed by atoms with Gasteiger partial charge in [-0.05, 0) is 31.6 Å². The number of H-pyrrole nitrogens is 1. The average Bonchev–Trinajstić information content (AvgIpc) is 3.34. The number of imidazole rings is 1. The molecule has 0 bridgehead atoms. The zero-order chi connectivity index (χ0) is 33.8. The summed E-state index contributed by atoms with van der Waals surface area (Å²) in [6, 6.07) is -2.83. The van der Waals surface area contributed by atoms with Crippen LogP contribution >= 0.6 is 7.67 Å². The lowest BCUT2D eigenvalue weighted by Gasteiger charge is -2.30. The Morgan fingerprint density at radius 2 is 1.70 bits per heavy atom. The molecule has 3 aliphatic rings. The standard InChI is InChI=1S/C27H40N7O11P/c1-12(2)8-14(21(36)40-6)32-46(39,33-15(9-13(3)4)22(37)41-7)42-10-16-18-27(45-25(38)43-18)23(26(27,5)44-16)34-11-29-17-19(34)30-24(28)31-20(17)35/h11-16,18,23H,8-10H2,1-7H3,(H2,32,33,39)(H3,28,30,31,35)/t14?,15?,16-,18?,23-,26?,27?,46?/m1/s1. The van der Waals surface area contributed by atoms with Crippen LogP contribution in [0.4, 0.5) is 10.7 Å². The van der Waals surface area contributed by atoms with E-state index in [0.29, 0.717) is 0 Å². The Kier molecular flexibility index (Phi) is 8.98. The summed E-state index contributed by atoms with van der Waals surface area (Å²) >= 11 is 0. The van der Waals surface area contributed by atoms with Crippen LogP contribution in [0.3, 0.4) is 0 Å². The number of esters is 2. The number of carbonyl (C=O) groups is 3. The van der Waals surface area contributed by atoms with Crippen molar-refractivity contribution in [3.8, 4) is 0 Å². The smallest absolute Gasteiger partial charge is 0.468 e. The molecule has 2 aliphatic heterocycles. The Bertz CT molecular complexity index is 1590. The van der Waals surface area contributed by atoms with Gasteiger partial charge in [0.1, 0.15) is 29.8 Å². The molecule has 2 aromatic heterocycles. The Balaban J connectivity index is 1.42. The molecule has 1 saturated carbocycles. The van der Waals surface area contributed by atoms with E-state index in [4.69, 9.17) is 33.9 Å². The summed E-state index contributed by atoms with van der Waals surface area (Å²) in [6.07, 6.45) is -1.13. The first-order valence-corrected chi connectivity index (χ1v) is 16.5. The van der Waals surface area contributed by atoms with E-state index < -0.39 is 79.5 Å². The van der Waals surface area contributed by atoms with Crippen molar-refractivity contribution in [3.63, 3.8) is 0 Å². The number of anilines is 1. The van der Waals surface area contributed by atoms with E-state index in [2.05, 4.69) is 25.1 Å². The van der Waals surface area contributed by atoms with Crippen LogP contribution in [0, 0.1) is 11.8 Å². The zero-order valence-corrected chi connectivity index (χ0v) is 27.5. The summed E-state index contributed by atoms with van der Waals surface area (Å²) in [6.45, 7) is 8.78. The third-order valence-electron chi connectivity index (χ3n) is 8.44. The van der Waals surface area contributed by atoms with Crippen molar-refractivity contribution >= 4 is 42.9 Å². The van der Waals surface area contributed by atoms with Crippen LogP contribution in [-0.2, 0) is 42.4 Å². The third-order valence-corrected chi connectivity index (χ3v) is 10.3. The molecule has 1 aliphatic carbocycles. The maximum Gasteiger partial charge on any atom is 0.509 e. The van der Waals surface area contributed by atoms with Gasteiger partial charge in [0.2, 0.25) is 11.5 Å². The first kappa shape index (κ1) is 33.8. The number of rotatable bonds is 14. The van der Waals surface area contributed by atoms with Gasteiger partial charge in [0.25, 0.3) is 5.56 Å². The van der Waals surface area contributed by atoms with Crippen molar-refractivity contribution in [2.75, 3.05) is 26.6 Å². The van der Waals surface area contributed by atoms with E-state index in [0.717, 1.165) is 0 Å². The van der Waals surface area contributed by atoms with Gasteiger partial charge in [0.05, 0.1) is 27.2 Å². The van der Waals surface area contributed by atoms with Gasteiger partial charge >= 0.3 is 25.8 Å². The van der Waals surface area contributed by atoms with Gasteiger partial charge in [-0.3, -0.25) is 23.9 Å². The monoisotopic (exact) mass is 669 g/mol. The molecule has 254 valence electrons. The highest BCUT2D eigenvalue weighted by Gasteiger charge is 2.92. The Hall–Kier alpha value is -3.57. The molecule has 3 fully saturated rings. The lowest BCUT2D eigenvalue weighted by molar-refractivity contribution is -0.143. The van der Waals surface area contributed by atoms with Crippen molar-refractivity contribution in [1.82, 2.24) is 29.7 Å². The van der Waals surface area contributed by atoms with Gasteiger partial charge in [-0.2, -0.15) is 4.98 Å². The number of carbonyl (C=O) groups excluding carboxylic acids is 3. The van der Waals surface area contributed by atoms with Crippen LogP contribution in [-0.4, -0.2) is 93.9 Å². The number of nitrogens with two attached hydrogens (primary N) is 1. The molecule has 18 nitrogen and oxygen atoms in total. The summed E-state index contributed by atoms with van der Waals surface area (Å²) in [4.78, 5) is 61.0. The molecule has 0 amide bonds. The van der Waals surface area contributed by atoms with Crippen LogP contribution in [0.25, 0.3) is 11.2 Å². The lowest BCUT2D eigenvalue weighted by Crippen LogP contribution is -2.46. The third kappa shape index (κ3) is 5.76. The number of ether oxygens (including phenoxy) is 5. The minimum absolute atomic E-state index is 0.00568. The highest BCUT2D eigenvalue weighted by molar-refractivity contribution is 7.54. The molecular formula is C27H40N7O11P. The molecule has 46 heavy (non-hydrogen) atoms. The molecular weight excluding hydrogens is 629 g/mol. The van der Waals surface area contributed by atoms with Gasteiger partial charge in [-0.1, -0.05) is 27.7 Å². The Labute approximate surface area is 263 Å². The molecule has 2 saturated heterocycles.